The topological polar surface area (TPSA) is 102 Å². The van der Waals surface area contributed by atoms with E-state index in [1.165, 1.54) is 29.6 Å². The molecule has 33 heavy (non-hydrogen) atoms. The van der Waals surface area contributed by atoms with E-state index in [2.05, 4.69) is 13.8 Å². The molecule has 0 bridgehead atoms. The van der Waals surface area contributed by atoms with Crippen LogP contribution in [0.15, 0.2) is 29.2 Å². The molecule has 0 aromatic heterocycles. The van der Waals surface area contributed by atoms with Crippen LogP contribution in [0.3, 0.4) is 0 Å². The molecule has 182 valence electrons. The van der Waals surface area contributed by atoms with Gasteiger partial charge in [0.25, 0.3) is 5.91 Å². The van der Waals surface area contributed by atoms with Gasteiger partial charge in [-0.15, -0.1) is 0 Å². The Balaban J connectivity index is 1.64. The fourth-order valence-corrected chi connectivity index (χ4v) is 5.83. The number of hydrogen-bond donors (Lipinski definition) is 0. The van der Waals surface area contributed by atoms with Crippen LogP contribution in [0.5, 0.6) is 5.75 Å². The summed E-state index contributed by atoms with van der Waals surface area (Å²) in [5.74, 6) is 0.183. The lowest BCUT2D eigenvalue weighted by atomic mass is 9.92. The minimum atomic E-state index is -3.78. The zero-order valence-electron chi connectivity index (χ0n) is 19.4. The number of esters is 1. The molecule has 0 spiro atoms. The lowest BCUT2D eigenvalue weighted by Gasteiger charge is -2.34. The summed E-state index contributed by atoms with van der Waals surface area (Å²) in [7, 11) is -2.38. The number of methoxy groups -OCH3 is 1. The third-order valence-corrected chi connectivity index (χ3v) is 7.67. The molecule has 2 unspecified atom stereocenters. The molecular weight excluding hydrogens is 448 g/mol. The molecule has 0 radical (unpaired) electrons. The number of rotatable bonds is 7. The van der Waals surface area contributed by atoms with E-state index < -0.39 is 16.0 Å². The van der Waals surface area contributed by atoms with Crippen LogP contribution in [-0.4, -0.2) is 82.6 Å². The molecule has 2 aliphatic rings. The Morgan fingerprint density at radius 3 is 2.45 bits per heavy atom. The molecule has 1 aromatic rings. The maximum absolute atomic E-state index is 13.1. The third kappa shape index (κ3) is 6.55. The lowest BCUT2D eigenvalue weighted by molar-refractivity contribution is -0.149. The van der Waals surface area contributed by atoms with Gasteiger partial charge >= 0.3 is 5.97 Å². The summed E-state index contributed by atoms with van der Waals surface area (Å²) < 4.78 is 43.1. The first-order valence-corrected chi connectivity index (χ1v) is 12.5. The molecule has 9 nitrogen and oxygen atoms in total. The molecule has 0 saturated carbocycles. The molecule has 10 heteroatoms. The van der Waals surface area contributed by atoms with Gasteiger partial charge in [0.1, 0.15) is 10.6 Å². The number of likely N-dealkylation sites (tertiary alicyclic amines) is 1. The summed E-state index contributed by atoms with van der Waals surface area (Å²) in [6, 6.07) is 4.64. The molecule has 2 atom stereocenters. The van der Waals surface area contributed by atoms with Crippen LogP contribution in [-0.2, 0) is 29.1 Å². The number of carbonyl (C=O) groups excluding carboxylic acids is 2. The molecule has 1 amide bonds. The van der Waals surface area contributed by atoms with Crippen LogP contribution < -0.4 is 4.74 Å². The van der Waals surface area contributed by atoms with E-state index in [-0.39, 0.29) is 36.2 Å². The van der Waals surface area contributed by atoms with Crippen molar-refractivity contribution in [3.63, 3.8) is 0 Å². The number of amides is 1. The number of morpholine rings is 1. The summed E-state index contributed by atoms with van der Waals surface area (Å²) in [5.41, 5.74) is 0.490. The minimum Gasteiger partial charge on any atom is -0.495 e. The van der Waals surface area contributed by atoms with Crippen molar-refractivity contribution in [3.8, 4) is 5.75 Å². The summed E-state index contributed by atoms with van der Waals surface area (Å²) in [4.78, 5) is 26.3. The Kier molecular flexibility index (Phi) is 8.50. The number of carbonyl (C=O) groups is 2. The molecular formula is C23H32N2O7S. The van der Waals surface area contributed by atoms with E-state index in [1.807, 2.05) is 0 Å². The van der Waals surface area contributed by atoms with Gasteiger partial charge in [-0.1, -0.05) is 19.9 Å². The van der Waals surface area contributed by atoms with Crippen LogP contribution in [0, 0.1) is 11.8 Å². The minimum absolute atomic E-state index is 0.0194. The Hall–Kier alpha value is -2.43. The summed E-state index contributed by atoms with van der Waals surface area (Å²) in [5, 5.41) is 0. The van der Waals surface area contributed by atoms with Gasteiger partial charge in [0.15, 0.2) is 6.61 Å². The largest absolute Gasteiger partial charge is 0.495 e. The molecule has 0 N–H and O–H groups in total. The first-order chi connectivity index (χ1) is 15.7. The quantitative estimate of drug-likeness (QED) is 0.433. The molecule has 2 heterocycles. The van der Waals surface area contributed by atoms with Gasteiger partial charge in [0.2, 0.25) is 10.0 Å². The zero-order valence-corrected chi connectivity index (χ0v) is 20.2. The highest BCUT2D eigenvalue weighted by molar-refractivity contribution is 7.89. The number of nitrogens with zero attached hydrogens (tertiary/aromatic N) is 2. The maximum Gasteiger partial charge on any atom is 0.331 e. The van der Waals surface area contributed by atoms with Gasteiger partial charge in [0.05, 0.1) is 20.3 Å². The fourth-order valence-electron chi connectivity index (χ4n) is 4.23. The standard InChI is InChI=1S/C23H32N2O7S/c1-17-12-18(2)15-24(14-17)22(26)16-32-23(27)7-5-19-4-6-20(30-3)21(13-19)33(28,29)25-8-10-31-11-9-25/h4-7,13,17-18H,8-12,14-16H2,1-3H3/b7-5+. The van der Waals surface area contributed by atoms with E-state index in [9.17, 15) is 18.0 Å². The smallest absolute Gasteiger partial charge is 0.331 e. The van der Waals surface area contributed by atoms with Crippen molar-refractivity contribution < 1.29 is 32.2 Å². The number of benzene rings is 1. The first-order valence-electron chi connectivity index (χ1n) is 11.1. The van der Waals surface area contributed by atoms with E-state index in [1.54, 1.807) is 17.0 Å². The van der Waals surface area contributed by atoms with E-state index in [0.717, 1.165) is 6.42 Å². The van der Waals surface area contributed by atoms with E-state index >= 15 is 0 Å². The van der Waals surface area contributed by atoms with Gasteiger partial charge in [-0.05, 0) is 42.0 Å². The van der Waals surface area contributed by atoms with Crippen molar-refractivity contribution in [1.82, 2.24) is 9.21 Å². The SMILES string of the molecule is COc1ccc(/C=C/C(=O)OCC(=O)N2CC(C)CC(C)C2)cc1S(=O)(=O)N1CCOCC1. The van der Waals surface area contributed by atoms with Crippen molar-refractivity contribution in [3.05, 3.63) is 29.8 Å². The van der Waals surface area contributed by atoms with Crippen LogP contribution in [0.25, 0.3) is 6.08 Å². The van der Waals surface area contributed by atoms with Gasteiger partial charge in [-0.25, -0.2) is 13.2 Å². The van der Waals surface area contributed by atoms with Crippen molar-refractivity contribution in [2.45, 2.75) is 25.2 Å². The van der Waals surface area contributed by atoms with Crippen molar-refractivity contribution in [2.75, 3.05) is 53.1 Å². The molecule has 2 saturated heterocycles. The molecule has 2 fully saturated rings. The normalized spacial score (nSPS) is 22.3. The molecule has 3 rings (SSSR count). The Bertz CT molecular complexity index is 977. The fraction of sp³-hybridized carbons (Fsp3) is 0.565. The first kappa shape index (κ1) is 25.2. The molecule has 0 aliphatic carbocycles. The Morgan fingerprint density at radius 1 is 1.15 bits per heavy atom. The summed E-state index contributed by atoms with van der Waals surface area (Å²) >= 11 is 0. The zero-order chi connectivity index (χ0) is 24.0. The van der Waals surface area contributed by atoms with Crippen molar-refractivity contribution in [1.29, 1.82) is 0 Å². The Morgan fingerprint density at radius 2 is 1.82 bits per heavy atom. The number of piperidine rings is 1. The second-order valence-electron chi connectivity index (χ2n) is 8.61. The van der Waals surface area contributed by atoms with Crippen LogP contribution in [0.4, 0.5) is 0 Å². The maximum atomic E-state index is 13.1. The highest BCUT2D eigenvalue weighted by Gasteiger charge is 2.29. The highest BCUT2D eigenvalue weighted by atomic mass is 32.2. The molecule has 2 aliphatic heterocycles. The number of sulfonamides is 1. The molecule has 1 aromatic carbocycles. The van der Waals surface area contributed by atoms with Crippen molar-refractivity contribution in [2.24, 2.45) is 11.8 Å². The number of ether oxygens (including phenoxy) is 3. The van der Waals surface area contributed by atoms with Crippen LogP contribution in [0.1, 0.15) is 25.8 Å². The van der Waals surface area contributed by atoms with Crippen molar-refractivity contribution >= 4 is 28.0 Å². The van der Waals surface area contributed by atoms with Gasteiger partial charge < -0.3 is 19.1 Å². The number of hydrogen-bond acceptors (Lipinski definition) is 7. The van der Waals surface area contributed by atoms with E-state index in [0.29, 0.717) is 43.7 Å². The summed E-state index contributed by atoms with van der Waals surface area (Å²) in [6.45, 7) is 6.43. The monoisotopic (exact) mass is 480 g/mol. The van der Waals surface area contributed by atoms with Gasteiger partial charge in [-0.3, -0.25) is 4.79 Å². The van der Waals surface area contributed by atoms with E-state index in [4.69, 9.17) is 14.2 Å². The average molecular weight is 481 g/mol. The van der Waals surface area contributed by atoms with Gasteiger partial charge in [0, 0.05) is 32.3 Å². The predicted octanol–water partition coefficient (Wildman–Crippen LogP) is 1.78. The average Bonchev–Trinajstić information content (AvgIpc) is 2.80. The second-order valence-corrected chi connectivity index (χ2v) is 10.5. The van der Waals surface area contributed by atoms with Gasteiger partial charge in [-0.2, -0.15) is 4.31 Å². The predicted molar refractivity (Wildman–Crippen MR) is 122 cm³/mol. The second kappa shape index (κ2) is 11.1. The lowest BCUT2D eigenvalue weighted by Crippen LogP contribution is -2.44. The highest BCUT2D eigenvalue weighted by Crippen LogP contribution is 2.29. The Labute approximate surface area is 195 Å². The van der Waals surface area contributed by atoms with Crippen LogP contribution >= 0.6 is 0 Å². The summed E-state index contributed by atoms with van der Waals surface area (Å²) in [6.07, 6.45) is 3.72. The van der Waals surface area contributed by atoms with Crippen LogP contribution in [0.2, 0.25) is 0 Å². The third-order valence-electron chi connectivity index (χ3n) is 5.75.